The number of methoxy groups -OCH3 is 1. The number of carbonyl (C=O) groups is 1. The summed E-state index contributed by atoms with van der Waals surface area (Å²) in [5.41, 5.74) is 0.258. The van der Waals surface area contributed by atoms with Gasteiger partial charge in [0.15, 0.2) is 11.9 Å². The summed E-state index contributed by atoms with van der Waals surface area (Å²) < 4.78 is 10.4. The van der Waals surface area contributed by atoms with Crippen LogP contribution in [0.4, 0.5) is 11.4 Å². The second-order valence-electron chi connectivity index (χ2n) is 4.82. The van der Waals surface area contributed by atoms with E-state index in [0.717, 1.165) is 0 Å². The van der Waals surface area contributed by atoms with E-state index in [1.807, 2.05) is 0 Å². The van der Waals surface area contributed by atoms with Crippen LogP contribution in [0.1, 0.15) is 6.92 Å². The van der Waals surface area contributed by atoms with Gasteiger partial charge in [-0.3, -0.25) is 14.9 Å². The van der Waals surface area contributed by atoms with Crippen LogP contribution < -0.4 is 14.8 Å². The minimum atomic E-state index is -0.938. The molecule has 1 atom stereocenters. The maximum absolute atomic E-state index is 12.2. The van der Waals surface area contributed by atoms with E-state index >= 15 is 0 Å². The van der Waals surface area contributed by atoms with Crippen molar-refractivity contribution in [2.45, 2.75) is 13.0 Å². The number of ether oxygens (including phenoxy) is 2. The van der Waals surface area contributed by atoms with Crippen LogP contribution in [0, 0.1) is 10.1 Å². The number of hydrogen-bond donors (Lipinski definition) is 1. The molecule has 1 N–H and O–H groups in total. The number of anilines is 1. The number of nitro groups is 1. The Labute approximate surface area is 143 Å². The van der Waals surface area contributed by atoms with Gasteiger partial charge in [-0.2, -0.15) is 0 Å². The number of amides is 1. The van der Waals surface area contributed by atoms with E-state index in [4.69, 9.17) is 21.1 Å². The van der Waals surface area contributed by atoms with Gasteiger partial charge in [0, 0.05) is 11.8 Å². The predicted molar refractivity (Wildman–Crippen MR) is 89.8 cm³/mol. The summed E-state index contributed by atoms with van der Waals surface area (Å²) in [4.78, 5) is 22.6. The highest BCUT2D eigenvalue weighted by molar-refractivity contribution is 6.32. The fraction of sp³-hybridized carbons (Fsp3) is 0.188. The summed E-state index contributed by atoms with van der Waals surface area (Å²) in [5.74, 6) is 0.0474. The molecule has 0 saturated carbocycles. The SMILES string of the molecule is COc1ccc(NC(=O)[C@@H](C)Oc2ccccc2[N+](=O)[O-])cc1Cl. The van der Waals surface area contributed by atoms with E-state index in [0.29, 0.717) is 16.5 Å². The Morgan fingerprint density at radius 3 is 2.58 bits per heavy atom. The molecule has 0 fully saturated rings. The Balaban J connectivity index is 2.08. The number of halogens is 1. The number of hydrogen-bond acceptors (Lipinski definition) is 5. The van der Waals surface area contributed by atoms with E-state index in [-0.39, 0.29) is 11.4 Å². The van der Waals surface area contributed by atoms with Gasteiger partial charge in [-0.15, -0.1) is 0 Å². The van der Waals surface area contributed by atoms with Crippen LogP contribution >= 0.6 is 11.6 Å². The summed E-state index contributed by atoms with van der Waals surface area (Å²) in [7, 11) is 1.49. The average Bonchev–Trinajstić information content (AvgIpc) is 2.55. The van der Waals surface area contributed by atoms with Crippen molar-refractivity contribution in [3.05, 3.63) is 57.6 Å². The summed E-state index contributed by atoms with van der Waals surface area (Å²) in [6.45, 7) is 1.50. The van der Waals surface area contributed by atoms with Gasteiger partial charge in [0.2, 0.25) is 0 Å². The molecule has 8 heteroatoms. The second-order valence-corrected chi connectivity index (χ2v) is 5.23. The van der Waals surface area contributed by atoms with Gasteiger partial charge >= 0.3 is 5.69 Å². The Bertz CT molecular complexity index is 766. The van der Waals surface area contributed by atoms with Crippen LogP contribution in [0.3, 0.4) is 0 Å². The Kier molecular flexibility index (Phi) is 5.59. The highest BCUT2D eigenvalue weighted by Gasteiger charge is 2.20. The lowest BCUT2D eigenvalue weighted by molar-refractivity contribution is -0.386. The number of nitrogens with zero attached hydrogens (tertiary/aromatic N) is 1. The largest absolute Gasteiger partial charge is 0.495 e. The third kappa shape index (κ3) is 4.14. The van der Waals surface area contributed by atoms with Crippen molar-refractivity contribution in [1.29, 1.82) is 0 Å². The lowest BCUT2D eigenvalue weighted by Crippen LogP contribution is -2.30. The van der Waals surface area contributed by atoms with Gasteiger partial charge in [0.05, 0.1) is 17.1 Å². The minimum absolute atomic E-state index is 0.0258. The van der Waals surface area contributed by atoms with E-state index in [1.54, 1.807) is 18.2 Å². The number of nitro benzene ring substituents is 1. The van der Waals surface area contributed by atoms with Crippen LogP contribution in [0.25, 0.3) is 0 Å². The molecule has 0 radical (unpaired) electrons. The number of para-hydroxylation sites is 2. The quantitative estimate of drug-likeness (QED) is 0.634. The molecule has 0 aliphatic rings. The Morgan fingerprint density at radius 2 is 1.96 bits per heavy atom. The lowest BCUT2D eigenvalue weighted by Gasteiger charge is -2.15. The van der Waals surface area contributed by atoms with Crippen LogP contribution in [0.2, 0.25) is 5.02 Å². The van der Waals surface area contributed by atoms with Gasteiger partial charge in [0.25, 0.3) is 5.91 Å². The molecule has 0 spiro atoms. The molecular formula is C16H15ClN2O5. The second kappa shape index (κ2) is 7.65. The minimum Gasteiger partial charge on any atom is -0.495 e. The highest BCUT2D eigenvalue weighted by Crippen LogP contribution is 2.28. The normalized spacial score (nSPS) is 11.5. The van der Waals surface area contributed by atoms with Gasteiger partial charge in [-0.25, -0.2) is 0 Å². The standard InChI is InChI=1S/C16H15ClN2O5/c1-10(24-15-6-4-3-5-13(15)19(21)22)16(20)18-11-7-8-14(23-2)12(17)9-11/h3-10H,1-2H3,(H,18,20)/t10-/m1/s1. The van der Waals surface area contributed by atoms with Gasteiger partial charge in [-0.1, -0.05) is 23.7 Å². The maximum Gasteiger partial charge on any atom is 0.310 e. The lowest BCUT2D eigenvalue weighted by atomic mass is 10.2. The molecule has 0 aromatic heterocycles. The van der Waals surface area contributed by atoms with Crippen LogP contribution in [0.5, 0.6) is 11.5 Å². The molecule has 1 amide bonds. The fourth-order valence-electron chi connectivity index (χ4n) is 1.94. The summed E-state index contributed by atoms with van der Waals surface area (Å²) in [6, 6.07) is 10.6. The van der Waals surface area contributed by atoms with E-state index in [2.05, 4.69) is 5.32 Å². The third-order valence-electron chi connectivity index (χ3n) is 3.15. The van der Waals surface area contributed by atoms with E-state index in [9.17, 15) is 14.9 Å². The van der Waals surface area contributed by atoms with Crippen molar-refractivity contribution >= 4 is 28.9 Å². The molecule has 0 saturated heterocycles. The average molecular weight is 351 g/mol. The van der Waals surface area contributed by atoms with Gasteiger partial charge < -0.3 is 14.8 Å². The van der Waals surface area contributed by atoms with Crippen LogP contribution in [-0.2, 0) is 4.79 Å². The fourth-order valence-corrected chi connectivity index (χ4v) is 2.20. The number of rotatable bonds is 6. The summed E-state index contributed by atoms with van der Waals surface area (Å²) in [5, 5.41) is 13.9. The number of nitrogens with one attached hydrogen (secondary N) is 1. The van der Waals surface area contributed by atoms with Gasteiger partial charge in [-0.05, 0) is 31.2 Å². The zero-order chi connectivity index (χ0) is 17.7. The van der Waals surface area contributed by atoms with Gasteiger partial charge in [0.1, 0.15) is 5.75 Å². The number of carbonyl (C=O) groups excluding carboxylic acids is 1. The maximum atomic E-state index is 12.2. The summed E-state index contributed by atoms with van der Waals surface area (Å²) >= 11 is 6.00. The smallest absolute Gasteiger partial charge is 0.310 e. The zero-order valence-corrected chi connectivity index (χ0v) is 13.7. The molecule has 0 unspecified atom stereocenters. The Morgan fingerprint density at radius 1 is 1.25 bits per heavy atom. The first-order valence-electron chi connectivity index (χ1n) is 6.97. The molecular weight excluding hydrogens is 336 g/mol. The third-order valence-corrected chi connectivity index (χ3v) is 3.45. The zero-order valence-electron chi connectivity index (χ0n) is 13.0. The monoisotopic (exact) mass is 350 g/mol. The highest BCUT2D eigenvalue weighted by atomic mass is 35.5. The molecule has 24 heavy (non-hydrogen) atoms. The van der Waals surface area contributed by atoms with Crippen molar-refractivity contribution in [3.63, 3.8) is 0 Å². The topological polar surface area (TPSA) is 90.7 Å². The van der Waals surface area contributed by atoms with Crippen molar-refractivity contribution in [2.75, 3.05) is 12.4 Å². The first kappa shape index (κ1) is 17.6. The summed E-state index contributed by atoms with van der Waals surface area (Å²) in [6.07, 6.45) is -0.938. The van der Waals surface area contributed by atoms with E-state index < -0.39 is 16.9 Å². The van der Waals surface area contributed by atoms with Crippen molar-refractivity contribution < 1.29 is 19.2 Å². The molecule has 7 nitrogen and oxygen atoms in total. The molecule has 0 heterocycles. The molecule has 0 aliphatic carbocycles. The molecule has 2 aromatic rings. The molecule has 0 aliphatic heterocycles. The van der Waals surface area contributed by atoms with Crippen molar-refractivity contribution in [1.82, 2.24) is 0 Å². The van der Waals surface area contributed by atoms with Crippen LogP contribution in [0.15, 0.2) is 42.5 Å². The van der Waals surface area contributed by atoms with Crippen LogP contribution in [-0.4, -0.2) is 24.0 Å². The van der Waals surface area contributed by atoms with Crippen molar-refractivity contribution in [3.8, 4) is 11.5 Å². The molecule has 2 aromatic carbocycles. The van der Waals surface area contributed by atoms with Crippen molar-refractivity contribution in [2.24, 2.45) is 0 Å². The molecule has 126 valence electrons. The number of benzene rings is 2. The molecule has 0 bridgehead atoms. The van der Waals surface area contributed by atoms with E-state index in [1.165, 1.54) is 38.3 Å². The first-order chi connectivity index (χ1) is 11.4. The first-order valence-corrected chi connectivity index (χ1v) is 7.34. The Hall–Kier alpha value is -2.80. The molecule has 2 rings (SSSR count). The predicted octanol–water partition coefficient (Wildman–Crippen LogP) is 3.66.